The van der Waals surface area contributed by atoms with Gasteiger partial charge < -0.3 is 41.5 Å². The number of piperidine rings is 2. The van der Waals surface area contributed by atoms with Gasteiger partial charge in [-0.3, -0.25) is 24.2 Å². The van der Waals surface area contributed by atoms with E-state index in [9.17, 15) is 19.2 Å². The van der Waals surface area contributed by atoms with Gasteiger partial charge in [0.05, 0.1) is 5.70 Å². The SMILES string of the molecule is CN(CC1CCN(C(=O)c2ccnc3c2CCC(=O)N3)CC1)C1CC(C(=O)N2CCC([C@@H]3CCN=C(C(C(N)=O)=C(N)c4ccc(Oc5ccccc5)cc4)N3)CC2)C1. The molecule has 1 aromatic heterocycles. The Labute approximate surface area is 345 Å². The molecule has 0 bridgehead atoms. The second-order valence-electron chi connectivity index (χ2n) is 16.8. The number of para-hydroxylation sites is 1. The van der Waals surface area contributed by atoms with Crippen molar-refractivity contribution < 1.29 is 23.9 Å². The number of primary amides is 1. The van der Waals surface area contributed by atoms with Crippen LogP contribution in [-0.2, 0) is 20.8 Å². The first-order chi connectivity index (χ1) is 28.6. The summed E-state index contributed by atoms with van der Waals surface area (Å²) in [5.41, 5.74) is 15.0. The molecule has 14 heteroatoms. The summed E-state index contributed by atoms with van der Waals surface area (Å²) in [6.07, 6.45) is 8.75. The molecule has 4 aliphatic heterocycles. The number of pyridine rings is 1. The molecule has 0 unspecified atom stereocenters. The number of carbonyl (C=O) groups is 4. The van der Waals surface area contributed by atoms with Gasteiger partial charge in [-0.25, -0.2) is 4.98 Å². The highest BCUT2D eigenvalue weighted by Crippen LogP contribution is 2.36. The molecule has 2 aromatic carbocycles. The van der Waals surface area contributed by atoms with Gasteiger partial charge in [0.15, 0.2) is 0 Å². The van der Waals surface area contributed by atoms with Gasteiger partial charge in [-0.1, -0.05) is 18.2 Å². The normalized spacial score (nSPS) is 22.9. The van der Waals surface area contributed by atoms with E-state index < -0.39 is 5.91 Å². The Morgan fingerprint density at radius 1 is 0.864 bits per heavy atom. The van der Waals surface area contributed by atoms with E-state index in [0.29, 0.717) is 78.9 Å². The van der Waals surface area contributed by atoms with E-state index in [2.05, 4.69) is 32.6 Å². The predicted octanol–water partition coefficient (Wildman–Crippen LogP) is 4.18. The van der Waals surface area contributed by atoms with Gasteiger partial charge in [0.1, 0.15) is 28.7 Å². The molecule has 0 radical (unpaired) electrons. The highest BCUT2D eigenvalue weighted by molar-refractivity contribution is 6.25. The Morgan fingerprint density at radius 2 is 1.56 bits per heavy atom. The van der Waals surface area contributed by atoms with Gasteiger partial charge in [-0.2, -0.15) is 0 Å². The van der Waals surface area contributed by atoms with Crippen LogP contribution in [0.15, 0.2) is 77.4 Å². The minimum atomic E-state index is -0.639. The molecule has 2 saturated heterocycles. The van der Waals surface area contributed by atoms with Crippen LogP contribution in [0.1, 0.15) is 72.9 Å². The summed E-state index contributed by atoms with van der Waals surface area (Å²) in [6, 6.07) is 19.0. The number of amides is 4. The van der Waals surface area contributed by atoms with E-state index in [0.717, 1.165) is 75.9 Å². The van der Waals surface area contributed by atoms with Gasteiger partial charge >= 0.3 is 0 Å². The third-order valence-corrected chi connectivity index (χ3v) is 13.0. The van der Waals surface area contributed by atoms with Crippen LogP contribution in [0.4, 0.5) is 5.82 Å². The van der Waals surface area contributed by atoms with E-state index in [1.165, 1.54) is 0 Å². The van der Waals surface area contributed by atoms with Crippen molar-refractivity contribution in [1.29, 1.82) is 0 Å². The molecular weight excluding hydrogens is 747 g/mol. The first-order valence-electron chi connectivity index (χ1n) is 21.1. The van der Waals surface area contributed by atoms with E-state index in [1.54, 1.807) is 12.3 Å². The average Bonchev–Trinajstić information content (AvgIpc) is 3.23. The lowest BCUT2D eigenvalue weighted by Gasteiger charge is -2.45. The Morgan fingerprint density at radius 3 is 2.27 bits per heavy atom. The van der Waals surface area contributed by atoms with E-state index in [1.807, 2.05) is 64.4 Å². The smallest absolute Gasteiger partial charge is 0.254 e. The molecule has 5 heterocycles. The maximum absolute atomic E-state index is 13.6. The maximum Gasteiger partial charge on any atom is 0.254 e. The van der Waals surface area contributed by atoms with Crippen molar-refractivity contribution >= 4 is 41.0 Å². The fraction of sp³-hybridized carbons (Fsp3) is 0.467. The highest BCUT2D eigenvalue weighted by atomic mass is 16.5. The van der Waals surface area contributed by atoms with Gasteiger partial charge in [0.2, 0.25) is 11.8 Å². The molecule has 1 aliphatic carbocycles. The zero-order valence-corrected chi connectivity index (χ0v) is 33.8. The van der Waals surface area contributed by atoms with Crippen molar-refractivity contribution in [2.75, 3.05) is 51.6 Å². The average molecular weight is 802 g/mol. The summed E-state index contributed by atoms with van der Waals surface area (Å²) in [6.45, 7) is 4.39. The quantitative estimate of drug-likeness (QED) is 0.206. The van der Waals surface area contributed by atoms with Gasteiger partial charge in [-0.05, 0) is 118 Å². The molecule has 14 nitrogen and oxygen atoms in total. The number of amidine groups is 1. The minimum Gasteiger partial charge on any atom is -0.457 e. The number of anilines is 1. The van der Waals surface area contributed by atoms with Crippen molar-refractivity contribution in [3.63, 3.8) is 0 Å². The molecule has 59 heavy (non-hydrogen) atoms. The summed E-state index contributed by atoms with van der Waals surface area (Å²) in [5, 5.41) is 6.31. The second kappa shape index (κ2) is 17.6. The number of nitrogens with one attached hydrogen (secondary N) is 2. The second-order valence-corrected chi connectivity index (χ2v) is 16.8. The van der Waals surface area contributed by atoms with Crippen LogP contribution in [-0.4, -0.2) is 108 Å². The van der Waals surface area contributed by atoms with Crippen LogP contribution in [0.5, 0.6) is 11.5 Å². The minimum absolute atomic E-state index is 0.0214. The number of aromatic nitrogens is 1. The first-order valence-corrected chi connectivity index (χ1v) is 21.1. The summed E-state index contributed by atoms with van der Waals surface area (Å²) < 4.78 is 5.91. The molecule has 310 valence electrons. The molecule has 3 fully saturated rings. The molecule has 1 atom stereocenters. The van der Waals surface area contributed by atoms with E-state index in [-0.39, 0.29) is 41.0 Å². The van der Waals surface area contributed by atoms with E-state index >= 15 is 0 Å². The summed E-state index contributed by atoms with van der Waals surface area (Å²) in [7, 11) is 2.17. The van der Waals surface area contributed by atoms with Crippen LogP contribution in [0, 0.1) is 17.8 Å². The van der Waals surface area contributed by atoms with Crippen LogP contribution in [0.25, 0.3) is 5.70 Å². The summed E-state index contributed by atoms with van der Waals surface area (Å²) >= 11 is 0. The molecule has 1 saturated carbocycles. The number of likely N-dealkylation sites (tertiary alicyclic amines) is 2. The molecule has 8 rings (SSSR count). The number of rotatable bonds is 11. The third-order valence-electron chi connectivity index (χ3n) is 13.0. The molecule has 4 amide bonds. The Bertz CT molecular complexity index is 2100. The Kier molecular flexibility index (Phi) is 12.0. The first kappa shape index (κ1) is 40.0. The van der Waals surface area contributed by atoms with Crippen LogP contribution < -0.4 is 26.8 Å². The molecular formula is C45H55N9O5. The van der Waals surface area contributed by atoms with Crippen molar-refractivity contribution in [1.82, 2.24) is 25.0 Å². The molecule has 3 aromatic rings. The number of carbonyl (C=O) groups excluding carboxylic acids is 4. The van der Waals surface area contributed by atoms with Crippen molar-refractivity contribution in [2.24, 2.45) is 34.2 Å². The lowest BCUT2D eigenvalue weighted by Crippen LogP contribution is -2.53. The van der Waals surface area contributed by atoms with Crippen LogP contribution in [0.3, 0.4) is 0 Å². The van der Waals surface area contributed by atoms with Crippen molar-refractivity contribution in [3.05, 3.63) is 89.1 Å². The Balaban J connectivity index is 0.772. The zero-order valence-electron chi connectivity index (χ0n) is 33.8. The summed E-state index contributed by atoms with van der Waals surface area (Å²) in [5.74, 6) is 2.79. The standard InChI is InChI=1S/C45H55N9O5/c1-52(27-28-15-21-54(22-16-28)45(58)36-13-19-48-42-35(36)11-12-38(55)51-42)32-25-31(26-32)44(57)53-23-17-29(18-24-53)37-14-20-49-43(50-37)39(41(47)56)40(46)30-7-9-34(10-8-30)59-33-5-3-2-4-6-33/h2-10,13,19,28-29,31-32,37H,11-12,14-18,20-27,46H2,1H3,(H2,47,56)(H,49,50)(H,48,51,55)/t31?,32?,37-/m0/s1. The number of nitrogens with two attached hydrogens (primary N) is 2. The number of hydrogen-bond donors (Lipinski definition) is 4. The molecule has 6 N–H and O–H groups in total. The predicted molar refractivity (Wildman–Crippen MR) is 225 cm³/mol. The Hall–Kier alpha value is -5.76. The number of benzene rings is 2. The number of fused-ring (bicyclic) bond motifs is 1. The van der Waals surface area contributed by atoms with E-state index in [4.69, 9.17) is 16.2 Å². The van der Waals surface area contributed by atoms with Crippen molar-refractivity contribution in [2.45, 2.75) is 69.9 Å². The number of ether oxygens (including phenoxy) is 1. The zero-order chi connectivity index (χ0) is 41.0. The van der Waals surface area contributed by atoms with Gasteiger partial charge in [-0.15, -0.1) is 0 Å². The highest BCUT2D eigenvalue weighted by Gasteiger charge is 2.41. The number of nitrogens with zero attached hydrogens (tertiary/aromatic N) is 5. The van der Waals surface area contributed by atoms with Crippen molar-refractivity contribution in [3.8, 4) is 11.5 Å². The fourth-order valence-electron chi connectivity index (χ4n) is 9.42. The fourth-order valence-corrected chi connectivity index (χ4v) is 9.42. The molecule has 0 spiro atoms. The van der Waals surface area contributed by atoms with Gasteiger partial charge in [0.25, 0.3) is 11.8 Å². The lowest BCUT2D eigenvalue weighted by atomic mass is 9.77. The number of aliphatic imine (C=N–C) groups is 1. The number of hydrogen-bond acceptors (Lipinski definition) is 10. The molecule has 5 aliphatic rings. The van der Waals surface area contributed by atoms with Crippen LogP contribution in [0.2, 0.25) is 0 Å². The summed E-state index contributed by atoms with van der Waals surface area (Å²) in [4.78, 5) is 67.0. The third kappa shape index (κ3) is 8.97. The van der Waals surface area contributed by atoms with Crippen LogP contribution >= 0.6 is 0 Å². The largest absolute Gasteiger partial charge is 0.457 e. The lowest BCUT2D eigenvalue weighted by molar-refractivity contribution is -0.142. The monoisotopic (exact) mass is 801 g/mol. The maximum atomic E-state index is 13.6. The topological polar surface area (TPSA) is 189 Å². The van der Waals surface area contributed by atoms with Gasteiger partial charge in [0, 0.05) is 81.0 Å².